The van der Waals surface area contributed by atoms with Gasteiger partial charge in [0.15, 0.2) is 0 Å². The number of esters is 1. The highest BCUT2D eigenvalue weighted by atomic mass is 19.3. The second-order valence-electron chi connectivity index (χ2n) is 2.88. The molecule has 1 aromatic heterocycles. The van der Waals surface area contributed by atoms with Gasteiger partial charge in [0.25, 0.3) is 6.43 Å². The Kier molecular flexibility index (Phi) is 3.70. The van der Waals surface area contributed by atoms with Gasteiger partial charge in [-0.3, -0.25) is 4.79 Å². The summed E-state index contributed by atoms with van der Waals surface area (Å²) in [4.78, 5) is 13.9. The molecule has 0 aromatic carbocycles. The predicted octanol–water partition coefficient (Wildman–Crippen LogP) is 1.58. The van der Waals surface area contributed by atoms with Crippen LogP contribution < -0.4 is 0 Å². The number of methoxy groups -OCH3 is 1. The van der Waals surface area contributed by atoms with Crippen LogP contribution in [0.2, 0.25) is 0 Å². The molecule has 16 heavy (non-hydrogen) atoms. The predicted molar refractivity (Wildman–Crippen MR) is 46.5 cm³/mol. The second kappa shape index (κ2) is 4.82. The van der Waals surface area contributed by atoms with Crippen LogP contribution in [0.15, 0.2) is 6.20 Å². The maximum absolute atomic E-state index is 13.1. The van der Waals surface area contributed by atoms with E-state index in [1.54, 1.807) is 0 Å². The number of carbonyl (C=O) groups excluding carboxylic acids is 1. The average molecular weight is 235 g/mol. The fourth-order valence-corrected chi connectivity index (χ4v) is 1.16. The largest absolute Gasteiger partial charge is 0.506 e. The summed E-state index contributed by atoms with van der Waals surface area (Å²) >= 11 is 0. The van der Waals surface area contributed by atoms with Gasteiger partial charge in [-0.05, 0) is 0 Å². The Morgan fingerprint density at radius 3 is 2.75 bits per heavy atom. The molecule has 0 fully saturated rings. The Morgan fingerprint density at radius 1 is 1.62 bits per heavy atom. The molecule has 0 saturated heterocycles. The number of rotatable bonds is 3. The van der Waals surface area contributed by atoms with Gasteiger partial charge in [0.2, 0.25) is 5.95 Å². The van der Waals surface area contributed by atoms with Crippen LogP contribution in [-0.2, 0) is 16.0 Å². The molecular formula is C9H8F3NO3. The summed E-state index contributed by atoms with van der Waals surface area (Å²) in [6, 6.07) is 0. The number of nitrogens with zero attached hydrogens (tertiary/aromatic N) is 1. The van der Waals surface area contributed by atoms with Crippen molar-refractivity contribution in [2.24, 2.45) is 0 Å². The third-order valence-corrected chi connectivity index (χ3v) is 1.92. The maximum Gasteiger partial charge on any atom is 0.310 e. The lowest BCUT2D eigenvalue weighted by Crippen LogP contribution is -2.10. The van der Waals surface area contributed by atoms with Crippen LogP contribution in [0.5, 0.6) is 5.75 Å². The minimum Gasteiger partial charge on any atom is -0.506 e. The van der Waals surface area contributed by atoms with E-state index in [4.69, 9.17) is 5.11 Å². The van der Waals surface area contributed by atoms with Gasteiger partial charge >= 0.3 is 5.97 Å². The van der Waals surface area contributed by atoms with E-state index in [9.17, 15) is 18.0 Å². The maximum atomic E-state index is 13.1. The lowest BCUT2D eigenvalue weighted by molar-refractivity contribution is -0.139. The molecular weight excluding hydrogens is 227 g/mol. The number of aromatic nitrogens is 1. The van der Waals surface area contributed by atoms with Gasteiger partial charge in [-0.2, -0.15) is 4.39 Å². The topological polar surface area (TPSA) is 59.4 Å². The van der Waals surface area contributed by atoms with Crippen molar-refractivity contribution in [3.8, 4) is 5.75 Å². The van der Waals surface area contributed by atoms with Gasteiger partial charge in [-0.1, -0.05) is 0 Å². The molecule has 88 valence electrons. The molecule has 1 N–H and O–H groups in total. The summed E-state index contributed by atoms with van der Waals surface area (Å²) in [6.45, 7) is 0. The van der Waals surface area contributed by atoms with Crippen molar-refractivity contribution in [2.75, 3.05) is 7.11 Å². The molecule has 0 unspecified atom stereocenters. The number of halogens is 3. The highest BCUT2D eigenvalue weighted by Gasteiger charge is 2.24. The molecule has 1 rings (SSSR count). The Hall–Kier alpha value is -1.79. The van der Waals surface area contributed by atoms with Gasteiger partial charge in [0.05, 0.1) is 25.3 Å². The first-order valence-electron chi connectivity index (χ1n) is 4.18. The first-order chi connectivity index (χ1) is 7.47. The summed E-state index contributed by atoms with van der Waals surface area (Å²) in [6.07, 6.45) is -3.24. The molecule has 0 aliphatic carbocycles. The van der Waals surface area contributed by atoms with E-state index in [1.807, 2.05) is 0 Å². The molecule has 0 bridgehead atoms. The van der Waals surface area contributed by atoms with Crippen LogP contribution in [0.3, 0.4) is 0 Å². The van der Waals surface area contributed by atoms with Crippen molar-refractivity contribution in [3.05, 3.63) is 23.3 Å². The van der Waals surface area contributed by atoms with E-state index >= 15 is 0 Å². The Bertz CT molecular complexity index is 409. The smallest absolute Gasteiger partial charge is 0.310 e. The van der Waals surface area contributed by atoms with Crippen molar-refractivity contribution in [1.82, 2.24) is 4.98 Å². The van der Waals surface area contributed by atoms with E-state index in [0.717, 1.165) is 7.11 Å². The Morgan fingerprint density at radius 2 is 2.25 bits per heavy atom. The minimum atomic E-state index is -3.10. The average Bonchev–Trinajstić information content (AvgIpc) is 2.22. The summed E-state index contributed by atoms with van der Waals surface area (Å²) in [5.41, 5.74) is -1.58. The van der Waals surface area contributed by atoms with Gasteiger partial charge in [-0.25, -0.2) is 13.8 Å². The number of hydrogen-bond donors (Lipinski definition) is 1. The van der Waals surface area contributed by atoms with Gasteiger partial charge < -0.3 is 9.84 Å². The summed E-state index contributed by atoms with van der Waals surface area (Å²) in [5.74, 6) is -2.97. The normalized spacial score (nSPS) is 10.6. The zero-order chi connectivity index (χ0) is 12.3. The quantitative estimate of drug-likeness (QED) is 0.638. The van der Waals surface area contributed by atoms with Crippen molar-refractivity contribution in [1.29, 1.82) is 0 Å². The summed E-state index contributed by atoms with van der Waals surface area (Å²) in [7, 11) is 1.04. The van der Waals surface area contributed by atoms with Crippen molar-refractivity contribution < 1.29 is 27.8 Å². The van der Waals surface area contributed by atoms with Crippen LogP contribution in [0.1, 0.15) is 17.6 Å². The molecule has 0 radical (unpaired) electrons. The molecule has 0 aliphatic rings. The second-order valence-corrected chi connectivity index (χ2v) is 2.88. The molecule has 1 aromatic rings. The van der Waals surface area contributed by atoms with E-state index < -0.39 is 41.6 Å². The fourth-order valence-electron chi connectivity index (χ4n) is 1.16. The molecule has 0 spiro atoms. The molecule has 0 aliphatic heterocycles. The number of pyridine rings is 1. The van der Waals surface area contributed by atoms with E-state index in [2.05, 4.69) is 9.72 Å². The Labute approximate surface area is 88.7 Å². The number of hydrogen-bond acceptors (Lipinski definition) is 4. The number of ether oxygens (including phenoxy) is 1. The monoisotopic (exact) mass is 235 g/mol. The first-order valence-corrected chi connectivity index (χ1v) is 4.18. The van der Waals surface area contributed by atoms with Gasteiger partial charge in [0.1, 0.15) is 5.75 Å². The molecule has 1 heterocycles. The van der Waals surface area contributed by atoms with Crippen LogP contribution in [0.25, 0.3) is 0 Å². The van der Waals surface area contributed by atoms with Crippen LogP contribution in [0, 0.1) is 5.95 Å². The molecule has 7 heteroatoms. The van der Waals surface area contributed by atoms with Crippen molar-refractivity contribution in [2.45, 2.75) is 12.8 Å². The van der Waals surface area contributed by atoms with Crippen LogP contribution >= 0.6 is 0 Å². The molecule has 4 nitrogen and oxygen atoms in total. The third-order valence-electron chi connectivity index (χ3n) is 1.92. The molecule has 0 amide bonds. The number of aromatic hydroxyl groups is 1. The highest BCUT2D eigenvalue weighted by molar-refractivity contribution is 5.73. The van der Waals surface area contributed by atoms with Crippen molar-refractivity contribution >= 4 is 5.97 Å². The molecule has 0 saturated carbocycles. The Balaban J connectivity index is 3.23. The van der Waals surface area contributed by atoms with E-state index in [1.165, 1.54) is 0 Å². The van der Waals surface area contributed by atoms with E-state index in [0.29, 0.717) is 6.20 Å². The first kappa shape index (κ1) is 12.3. The van der Waals surface area contributed by atoms with Gasteiger partial charge in [-0.15, -0.1) is 0 Å². The lowest BCUT2D eigenvalue weighted by Gasteiger charge is -2.09. The molecule has 0 atom stereocenters. The standard InChI is InChI=1S/C9H8F3NO3/c1-16-6(15)2-4-7(8(10)11)5(14)3-13-9(4)12/h3,8,14H,2H2,1H3. The van der Waals surface area contributed by atoms with Crippen LogP contribution in [0.4, 0.5) is 13.2 Å². The van der Waals surface area contributed by atoms with Crippen molar-refractivity contribution in [3.63, 3.8) is 0 Å². The van der Waals surface area contributed by atoms with Crippen LogP contribution in [-0.4, -0.2) is 23.2 Å². The number of alkyl halides is 2. The zero-order valence-electron chi connectivity index (χ0n) is 8.21. The third kappa shape index (κ3) is 2.41. The highest BCUT2D eigenvalue weighted by Crippen LogP contribution is 2.32. The summed E-state index contributed by atoms with van der Waals surface area (Å²) in [5, 5.41) is 9.11. The lowest BCUT2D eigenvalue weighted by atomic mass is 10.1. The fraction of sp³-hybridized carbons (Fsp3) is 0.333. The SMILES string of the molecule is COC(=O)Cc1c(F)ncc(O)c1C(F)F. The van der Waals surface area contributed by atoms with E-state index in [-0.39, 0.29) is 0 Å². The summed E-state index contributed by atoms with van der Waals surface area (Å²) < 4.78 is 42.4. The zero-order valence-corrected chi connectivity index (χ0v) is 8.21. The minimum absolute atomic E-state index is 0.567. The number of carbonyl (C=O) groups is 1. The van der Waals surface area contributed by atoms with Gasteiger partial charge in [0, 0.05) is 5.56 Å².